The third-order valence-electron chi connectivity index (χ3n) is 7.35. The minimum atomic E-state index is -4.71. The average molecular weight is 567 g/mol. The number of fused-ring (bicyclic) bond motifs is 3. The third-order valence-corrected chi connectivity index (χ3v) is 7.35. The Hall–Kier alpha value is -3.77. The molecule has 40 heavy (non-hydrogen) atoms. The number of pyridine rings is 1. The molecule has 2 aromatic rings. The number of aliphatic hydroxyl groups excluding tert-OH is 1. The normalized spacial score (nSPS) is 27.9. The fourth-order valence-electron chi connectivity index (χ4n) is 5.70. The number of amides is 1. The predicted octanol–water partition coefficient (Wildman–Crippen LogP) is 4.19. The second-order valence-corrected chi connectivity index (χ2v) is 9.41. The molecule has 4 rings (SSSR count). The molecule has 2 heterocycles. The molecule has 0 radical (unpaired) electrons. The molecule has 0 spiro atoms. The molecule has 1 aliphatic carbocycles. The Balaban J connectivity index is 2.00. The summed E-state index contributed by atoms with van der Waals surface area (Å²) in [6, 6.07) is 7.98. The zero-order valence-corrected chi connectivity index (χ0v) is 21.5. The number of aromatic nitrogens is 1. The standard InChI is InChI=1S/C28H27F5N2O5/c1-4-17(28(31,32)33)11-10-15(2)27-22(16-8-6-5-7-9-16)21(25(37)35-14-20(29)30)24(36)26(27,38)23-18(39-3)12-34-13-19(23)40-27/h4-13,20-22,24,36,38H,2,14H2,1,3H3,(H,35,37)/b11-10-,17-4+/t21-,22-,24-,26+,27+/m1/s1. The summed E-state index contributed by atoms with van der Waals surface area (Å²) in [4.78, 5) is 17.4. The molecule has 12 heteroatoms. The first-order chi connectivity index (χ1) is 18.8. The van der Waals surface area contributed by atoms with Crippen molar-refractivity contribution >= 4 is 5.91 Å². The van der Waals surface area contributed by atoms with Gasteiger partial charge in [0.2, 0.25) is 5.91 Å². The van der Waals surface area contributed by atoms with Gasteiger partial charge in [0.25, 0.3) is 6.43 Å². The van der Waals surface area contributed by atoms with Gasteiger partial charge in [-0.2, -0.15) is 13.2 Å². The molecule has 1 fully saturated rings. The summed E-state index contributed by atoms with van der Waals surface area (Å²) < 4.78 is 78.2. The minimum absolute atomic E-state index is 0.0393. The fourth-order valence-corrected chi connectivity index (χ4v) is 5.70. The van der Waals surface area contributed by atoms with Gasteiger partial charge in [-0.3, -0.25) is 9.78 Å². The van der Waals surface area contributed by atoms with Crippen LogP contribution in [0, 0.1) is 5.92 Å². The number of halogens is 5. The number of allylic oxidation sites excluding steroid dienone is 3. The second-order valence-electron chi connectivity index (χ2n) is 9.41. The maximum absolute atomic E-state index is 13.5. The molecule has 1 aromatic heterocycles. The number of methoxy groups -OCH3 is 1. The third kappa shape index (κ3) is 4.44. The number of ether oxygens (including phenoxy) is 2. The van der Waals surface area contributed by atoms with Gasteiger partial charge in [0.1, 0.15) is 17.6 Å². The van der Waals surface area contributed by atoms with Crippen LogP contribution in [0.5, 0.6) is 11.5 Å². The maximum atomic E-state index is 13.5. The molecular formula is C28H27F5N2O5. The molecule has 1 aliphatic heterocycles. The number of carbonyl (C=O) groups excluding carboxylic acids is 1. The van der Waals surface area contributed by atoms with E-state index in [9.17, 15) is 37.0 Å². The van der Waals surface area contributed by atoms with Crippen molar-refractivity contribution in [2.45, 2.75) is 42.7 Å². The average Bonchev–Trinajstić information content (AvgIpc) is 3.30. The van der Waals surface area contributed by atoms with E-state index in [2.05, 4.69) is 16.9 Å². The molecule has 5 atom stereocenters. The van der Waals surface area contributed by atoms with Crippen molar-refractivity contribution < 1.29 is 46.4 Å². The lowest BCUT2D eigenvalue weighted by atomic mass is 9.70. The van der Waals surface area contributed by atoms with Crippen LogP contribution < -0.4 is 14.8 Å². The molecule has 0 saturated heterocycles. The zero-order valence-electron chi connectivity index (χ0n) is 21.5. The van der Waals surface area contributed by atoms with Crippen molar-refractivity contribution in [3.63, 3.8) is 0 Å². The summed E-state index contributed by atoms with van der Waals surface area (Å²) >= 11 is 0. The van der Waals surface area contributed by atoms with Crippen LogP contribution in [0.3, 0.4) is 0 Å². The highest BCUT2D eigenvalue weighted by molar-refractivity contribution is 5.83. The van der Waals surface area contributed by atoms with Gasteiger partial charge in [0.15, 0.2) is 11.2 Å². The quantitative estimate of drug-likeness (QED) is 0.328. The summed E-state index contributed by atoms with van der Waals surface area (Å²) in [7, 11) is 1.26. The van der Waals surface area contributed by atoms with Gasteiger partial charge in [-0.25, -0.2) is 8.78 Å². The van der Waals surface area contributed by atoms with Gasteiger partial charge in [0.05, 0.1) is 43.1 Å². The van der Waals surface area contributed by atoms with E-state index in [1.54, 1.807) is 30.3 Å². The van der Waals surface area contributed by atoms with Crippen LogP contribution in [0.1, 0.15) is 24.0 Å². The maximum Gasteiger partial charge on any atom is 0.416 e. The van der Waals surface area contributed by atoms with E-state index in [1.165, 1.54) is 26.4 Å². The van der Waals surface area contributed by atoms with E-state index in [0.29, 0.717) is 5.56 Å². The predicted molar refractivity (Wildman–Crippen MR) is 134 cm³/mol. The molecule has 0 bridgehead atoms. The Labute approximate surface area is 226 Å². The highest BCUT2D eigenvalue weighted by Crippen LogP contribution is 2.67. The van der Waals surface area contributed by atoms with E-state index >= 15 is 0 Å². The molecule has 2 aliphatic rings. The first kappa shape index (κ1) is 29.2. The lowest BCUT2D eigenvalue weighted by molar-refractivity contribution is -0.141. The van der Waals surface area contributed by atoms with Crippen LogP contribution >= 0.6 is 0 Å². The first-order valence-electron chi connectivity index (χ1n) is 12.2. The molecule has 214 valence electrons. The zero-order chi connectivity index (χ0) is 29.5. The van der Waals surface area contributed by atoms with E-state index in [1.807, 2.05) is 0 Å². The van der Waals surface area contributed by atoms with Crippen LogP contribution in [0.2, 0.25) is 0 Å². The van der Waals surface area contributed by atoms with Gasteiger partial charge in [-0.1, -0.05) is 49.1 Å². The largest absolute Gasteiger partial charge is 0.495 e. The molecule has 1 aromatic carbocycles. The van der Waals surface area contributed by atoms with E-state index < -0.39 is 59.8 Å². The SMILES string of the molecule is C=C(/C=C\C(=C/C)C(F)(F)F)[C@@]12Oc3cncc(OC)c3[C@]1(O)[C@H](O)[C@H](C(=O)NCC(F)F)[C@H]2c1ccccc1. The Kier molecular flexibility index (Phi) is 7.79. The summed E-state index contributed by atoms with van der Waals surface area (Å²) in [5.74, 6) is -4.05. The van der Waals surface area contributed by atoms with Crippen molar-refractivity contribution in [2.75, 3.05) is 13.7 Å². The number of nitrogens with zero attached hydrogens (tertiary/aromatic N) is 1. The number of aliphatic hydroxyl groups is 2. The molecule has 1 amide bonds. The Morgan fingerprint density at radius 2 is 1.93 bits per heavy atom. The number of carbonyl (C=O) groups is 1. The summed E-state index contributed by atoms with van der Waals surface area (Å²) in [6.45, 7) is 4.09. The minimum Gasteiger partial charge on any atom is -0.495 e. The topological polar surface area (TPSA) is 101 Å². The van der Waals surface area contributed by atoms with Crippen molar-refractivity contribution in [3.8, 4) is 11.5 Å². The number of benzene rings is 1. The molecule has 7 nitrogen and oxygen atoms in total. The monoisotopic (exact) mass is 566 g/mol. The highest BCUT2D eigenvalue weighted by Gasteiger charge is 2.78. The van der Waals surface area contributed by atoms with Crippen LogP contribution in [-0.2, 0) is 10.4 Å². The van der Waals surface area contributed by atoms with Crippen molar-refractivity contribution in [1.29, 1.82) is 0 Å². The van der Waals surface area contributed by atoms with Crippen molar-refractivity contribution in [1.82, 2.24) is 10.3 Å². The van der Waals surface area contributed by atoms with E-state index in [-0.39, 0.29) is 22.6 Å². The van der Waals surface area contributed by atoms with E-state index in [4.69, 9.17) is 9.47 Å². The number of rotatable bonds is 8. The number of hydrogen-bond donors (Lipinski definition) is 3. The van der Waals surface area contributed by atoms with Gasteiger partial charge in [0, 0.05) is 5.92 Å². The lowest BCUT2D eigenvalue weighted by Gasteiger charge is -2.41. The molecule has 3 N–H and O–H groups in total. The van der Waals surface area contributed by atoms with Gasteiger partial charge in [-0.05, 0) is 24.1 Å². The van der Waals surface area contributed by atoms with Crippen LogP contribution in [0.25, 0.3) is 0 Å². The van der Waals surface area contributed by atoms with Gasteiger partial charge < -0.3 is 25.0 Å². The Morgan fingerprint density at radius 1 is 1.25 bits per heavy atom. The number of nitrogens with one attached hydrogen (secondary N) is 1. The molecule has 1 saturated carbocycles. The smallest absolute Gasteiger partial charge is 0.416 e. The van der Waals surface area contributed by atoms with Crippen molar-refractivity contribution in [2.24, 2.45) is 5.92 Å². The summed E-state index contributed by atoms with van der Waals surface area (Å²) in [5, 5.41) is 26.2. The van der Waals surface area contributed by atoms with Crippen LogP contribution in [0.4, 0.5) is 22.0 Å². The summed E-state index contributed by atoms with van der Waals surface area (Å²) in [6.07, 6.45) is -4.62. The molecular weight excluding hydrogens is 539 g/mol. The Morgan fingerprint density at radius 3 is 2.50 bits per heavy atom. The summed E-state index contributed by atoms with van der Waals surface area (Å²) in [5.41, 5.74) is -5.77. The van der Waals surface area contributed by atoms with E-state index in [0.717, 1.165) is 18.2 Å². The fraction of sp³-hybridized carbons (Fsp3) is 0.357. The first-order valence-corrected chi connectivity index (χ1v) is 12.2. The van der Waals surface area contributed by atoms with Gasteiger partial charge >= 0.3 is 6.18 Å². The van der Waals surface area contributed by atoms with Gasteiger partial charge in [-0.15, -0.1) is 0 Å². The van der Waals surface area contributed by atoms with Crippen LogP contribution in [-0.4, -0.2) is 59.1 Å². The Bertz CT molecular complexity index is 1350. The molecule has 0 unspecified atom stereocenters. The number of hydrogen-bond acceptors (Lipinski definition) is 6. The number of alkyl halides is 5. The second kappa shape index (κ2) is 10.7. The van der Waals surface area contributed by atoms with Crippen molar-refractivity contribution in [3.05, 3.63) is 89.8 Å². The lowest BCUT2D eigenvalue weighted by Crippen LogP contribution is -2.55. The highest BCUT2D eigenvalue weighted by atomic mass is 19.4. The van der Waals surface area contributed by atoms with Crippen LogP contribution in [0.15, 0.2) is 78.7 Å².